The molecule has 0 aliphatic carbocycles. The van der Waals surface area contributed by atoms with Crippen LogP contribution in [0.5, 0.6) is 0 Å². The molecule has 3 rings (SSSR count). The van der Waals surface area contributed by atoms with Gasteiger partial charge in [0, 0.05) is 16.8 Å². The van der Waals surface area contributed by atoms with Crippen molar-refractivity contribution in [2.24, 2.45) is 0 Å². The van der Waals surface area contributed by atoms with E-state index < -0.39 is 11.7 Å². The zero-order valence-electron chi connectivity index (χ0n) is 10.7. The summed E-state index contributed by atoms with van der Waals surface area (Å²) in [6, 6.07) is 2.58. The number of rotatable bonds is 1. The van der Waals surface area contributed by atoms with Crippen LogP contribution in [0.2, 0.25) is 0 Å². The topological polar surface area (TPSA) is 41.6 Å². The third kappa shape index (κ3) is 1.89. The van der Waals surface area contributed by atoms with Crippen LogP contribution < -0.4 is 0 Å². The molecule has 1 aromatic carbocycles. The summed E-state index contributed by atoms with van der Waals surface area (Å²) >= 11 is 1.00. The van der Waals surface area contributed by atoms with Crippen molar-refractivity contribution in [2.45, 2.75) is 20.0 Å². The summed E-state index contributed by atoms with van der Waals surface area (Å²) in [5, 5.41) is 6.92. The summed E-state index contributed by atoms with van der Waals surface area (Å²) in [5.41, 5.74) is 4.23. The molecule has 3 aromatic rings. The number of aryl methyl sites for hydroxylation is 2. The molecule has 2 aromatic heterocycles. The summed E-state index contributed by atoms with van der Waals surface area (Å²) in [6.07, 6.45) is -4.37. The van der Waals surface area contributed by atoms with E-state index in [0.717, 1.165) is 34.4 Å². The van der Waals surface area contributed by atoms with E-state index >= 15 is 0 Å². The van der Waals surface area contributed by atoms with Gasteiger partial charge in [0.1, 0.15) is 0 Å². The average molecular weight is 297 g/mol. The Morgan fingerprint density at radius 2 is 1.95 bits per heavy atom. The van der Waals surface area contributed by atoms with Crippen molar-refractivity contribution in [1.29, 1.82) is 0 Å². The van der Waals surface area contributed by atoms with Crippen LogP contribution in [0, 0.1) is 13.8 Å². The maximum absolute atomic E-state index is 13.0. The van der Waals surface area contributed by atoms with Crippen LogP contribution in [-0.2, 0) is 6.18 Å². The number of halogens is 3. The summed E-state index contributed by atoms with van der Waals surface area (Å²) in [5.74, 6) is 0. The number of hydrogen-bond acceptors (Lipinski definition) is 3. The minimum atomic E-state index is -4.37. The smallest absolute Gasteiger partial charge is 0.282 e. The Balaban J connectivity index is 2.33. The molecule has 2 heterocycles. The molecule has 0 unspecified atom stereocenters. The first kappa shape index (κ1) is 13.1. The van der Waals surface area contributed by atoms with E-state index in [4.69, 9.17) is 0 Å². The lowest BCUT2D eigenvalue weighted by Crippen LogP contribution is -2.05. The fraction of sp³-hybridized carbons (Fsp3) is 0.231. The molecular formula is C13H10F3N3S. The maximum atomic E-state index is 13.0. The van der Waals surface area contributed by atoms with E-state index in [2.05, 4.69) is 15.2 Å². The van der Waals surface area contributed by atoms with Crippen molar-refractivity contribution >= 4 is 21.6 Å². The van der Waals surface area contributed by atoms with Gasteiger partial charge in [0.2, 0.25) is 0 Å². The molecule has 7 heteroatoms. The van der Waals surface area contributed by atoms with Gasteiger partial charge in [-0.15, -0.1) is 11.3 Å². The molecule has 0 bridgehead atoms. The Labute approximate surface area is 116 Å². The summed E-state index contributed by atoms with van der Waals surface area (Å²) in [4.78, 5) is 4.11. The van der Waals surface area contributed by atoms with E-state index in [1.54, 1.807) is 0 Å². The highest BCUT2D eigenvalue weighted by Crippen LogP contribution is 2.41. The SMILES string of the molecule is Cc1n[nH]c(C)c1-c1ccc(C(F)(F)F)c2scnc12. The minimum Gasteiger partial charge on any atom is -0.282 e. The molecule has 0 atom stereocenters. The van der Waals surface area contributed by atoms with Gasteiger partial charge < -0.3 is 0 Å². The second-order valence-corrected chi connectivity index (χ2v) is 5.35. The van der Waals surface area contributed by atoms with Crippen LogP contribution in [0.3, 0.4) is 0 Å². The number of aromatic nitrogens is 3. The molecular weight excluding hydrogens is 287 g/mol. The number of alkyl halides is 3. The Kier molecular flexibility index (Phi) is 2.82. The number of aromatic amines is 1. The van der Waals surface area contributed by atoms with Crippen molar-refractivity contribution in [3.05, 3.63) is 34.6 Å². The molecule has 0 aliphatic rings. The van der Waals surface area contributed by atoms with Crippen molar-refractivity contribution < 1.29 is 13.2 Å². The van der Waals surface area contributed by atoms with Gasteiger partial charge in [0.15, 0.2) is 0 Å². The lowest BCUT2D eigenvalue weighted by molar-refractivity contribution is -0.136. The molecule has 20 heavy (non-hydrogen) atoms. The predicted molar refractivity (Wildman–Crippen MR) is 71.7 cm³/mol. The van der Waals surface area contributed by atoms with E-state index in [-0.39, 0.29) is 4.70 Å². The third-order valence-corrected chi connectivity index (χ3v) is 4.05. The van der Waals surface area contributed by atoms with E-state index in [9.17, 15) is 13.2 Å². The molecule has 0 spiro atoms. The van der Waals surface area contributed by atoms with Gasteiger partial charge in [0.25, 0.3) is 0 Å². The van der Waals surface area contributed by atoms with Gasteiger partial charge in [-0.3, -0.25) is 5.10 Å². The minimum absolute atomic E-state index is 0.162. The highest BCUT2D eigenvalue weighted by molar-refractivity contribution is 7.17. The maximum Gasteiger partial charge on any atom is 0.417 e. The number of nitrogens with one attached hydrogen (secondary N) is 1. The number of H-pyrrole nitrogens is 1. The fourth-order valence-electron chi connectivity index (χ4n) is 2.32. The Hall–Kier alpha value is -1.89. The standard InChI is InChI=1S/C13H10F3N3S/c1-6-10(7(2)19-18-6)8-3-4-9(13(14,15)16)12-11(8)17-5-20-12/h3-5H,1-2H3,(H,18,19). The van der Waals surface area contributed by atoms with E-state index in [1.807, 2.05) is 13.8 Å². The van der Waals surface area contributed by atoms with Gasteiger partial charge in [-0.25, -0.2) is 4.98 Å². The lowest BCUT2D eigenvalue weighted by Gasteiger charge is -2.10. The van der Waals surface area contributed by atoms with Gasteiger partial charge in [-0.05, 0) is 19.9 Å². The molecule has 0 fully saturated rings. The zero-order valence-corrected chi connectivity index (χ0v) is 11.5. The molecule has 0 radical (unpaired) electrons. The largest absolute Gasteiger partial charge is 0.417 e. The monoisotopic (exact) mass is 297 g/mol. The summed E-state index contributed by atoms with van der Waals surface area (Å²) in [6.45, 7) is 3.65. The van der Waals surface area contributed by atoms with Gasteiger partial charge in [-0.1, -0.05) is 6.07 Å². The number of hydrogen-bond donors (Lipinski definition) is 1. The number of nitrogens with zero attached hydrogens (tertiary/aromatic N) is 2. The Bertz CT molecular complexity index is 766. The van der Waals surface area contributed by atoms with Crippen molar-refractivity contribution in [3.63, 3.8) is 0 Å². The Morgan fingerprint density at radius 3 is 2.55 bits per heavy atom. The van der Waals surface area contributed by atoms with Gasteiger partial charge in [-0.2, -0.15) is 18.3 Å². The second kappa shape index (κ2) is 4.31. The van der Waals surface area contributed by atoms with Crippen molar-refractivity contribution in [1.82, 2.24) is 15.2 Å². The number of benzene rings is 1. The normalized spacial score (nSPS) is 12.2. The number of thiazole rings is 1. The molecule has 104 valence electrons. The summed E-state index contributed by atoms with van der Waals surface area (Å²) < 4.78 is 39.1. The molecule has 1 N–H and O–H groups in total. The van der Waals surface area contributed by atoms with Crippen molar-refractivity contribution in [3.8, 4) is 11.1 Å². The molecule has 3 nitrogen and oxygen atoms in total. The molecule has 0 aliphatic heterocycles. The quantitative estimate of drug-likeness (QED) is 0.726. The van der Waals surface area contributed by atoms with Gasteiger partial charge in [0.05, 0.1) is 27.0 Å². The zero-order chi connectivity index (χ0) is 14.5. The molecule has 0 amide bonds. The van der Waals surface area contributed by atoms with Crippen LogP contribution >= 0.6 is 11.3 Å². The molecule has 0 saturated carbocycles. The lowest BCUT2D eigenvalue weighted by atomic mass is 10.0. The van der Waals surface area contributed by atoms with Gasteiger partial charge >= 0.3 is 6.18 Å². The van der Waals surface area contributed by atoms with Crippen LogP contribution in [0.15, 0.2) is 17.6 Å². The van der Waals surface area contributed by atoms with Crippen LogP contribution in [0.1, 0.15) is 17.0 Å². The van der Waals surface area contributed by atoms with Crippen LogP contribution in [-0.4, -0.2) is 15.2 Å². The summed E-state index contributed by atoms with van der Waals surface area (Å²) in [7, 11) is 0. The fourth-order valence-corrected chi connectivity index (χ4v) is 3.17. The van der Waals surface area contributed by atoms with Crippen LogP contribution in [0.4, 0.5) is 13.2 Å². The first-order valence-corrected chi connectivity index (χ1v) is 6.73. The number of fused-ring (bicyclic) bond motifs is 1. The Morgan fingerprint density at radius 1 is 1.20 bits per heavy atom. The molecule has 0 saturated heterocycles. The predicted octanol–water partition coefficient (Wildman–Crippen LogP) is 4.32. The average Bonchev–Trinajstić information content (AvgIpc) is 2.95. The highest BCUT2D eigenvalue weighted by Gasteiger charge is 2.34. The first-order chi connectivity index (χ1) is 9.39. The third-order valence-electron chi connectivity index (χ3n) is 3.19. The second-order valence-electron chi connectivity index (χ2n) is 4.50. The van der Waals surface area contributed by atoms with E-state index in [1.165, 1.54) is 11.6 Å². The van der Waals surface area contributed by atoms with Crippen molar-refractivity contribution in [2.75, 3.05) is 0 Å². The van der Waals surface area contributed by atoms with Crippen LogP contribution in [0.25, 0.3) is 21.3 Å². The van der Waals surface area contributed by atoms with E-state index in [0.29, 0.717) is 11.1 Å². The highest BCUT2D eigenvalue weighted by atomic mass is 32.1. The first-order valence-electron chi connectivity index (χ1n) is 5.85.